The van der Waals surface area contributed by atoms with Gasteiger partial charge in [0.15, 0.2) is 0 Å². The van der Waals surface area contributed by atoms with E-state index in [-0.39, 0.29) is 12.0 Å². The lowest BCUT2D eigenvalue weighted by molar-refractivity contribution is -0.142. The fraction of sp³-hybridized carbons (Fsp3) is 0.889. The average molecular weight is 173 g/mol. The summed E-state index contributed by atoms with van der Waals surface area (Å²) in [4.78, 5) is 10.9. The maximum atomic E-state index is 10.9. The molecule has 0 heterocycles. The molecular weight excluding hydrogens is 154 g/mol. The van der Waals surface area contributed by atoms with Crippen molar-refractivity contribution < 1.29 is 9.53 Å². The first kappa shape index (κ1) is 11.4. The molecule has 0 aromatic rings. The highest BCUT2D eigenvalue weighted by molar-refractivity contribution is 5.74. The van der Waals surface area contributed by atoms with Gasteiger partial charge in [-0.3, -0.25) is 4.79 Å². The van der Waals surface area contributed by atoms with E-state index in [4.69, 9.17) is 0 Å². The van der Waals surface area contributed by atoms with E-state index < -0.39 is 0 Å². The van der Waals surface area contributed by atoms with Crippen LogP contribution in [0.3, 0.4) is 0 Å². The summed E-state index contributed by atoms with van der Waals surface area (Å²) >= 11 is 0. The minimum Gasteiger partial charge on any atom is -0.468 e. The zero-order valence-electron chi connectivity index (χ0n) is 8.22. The molecule has 0 bridgehead atoms. The average Bonchev–Trinajstić information content (AvgIpc) is 2.10. The molecule has 0 rings (SSSR count). The van der Waals surface area contributed by atoms with E-state index in [9.17, 15) is 4.79 Å². The van der Waals surface area contributed by atoms with Gasteiger partial charge in [-0.1, -0.05) is 19.8 Å². The normalized spacial score (nSPS) is 12.6. The third-order valence-electron chi connectivity index (χ3n) is 1.79. The van der Waals surface area contributed by atoms with Gasteiger partial charge >= 0.3 is 5.97 Å². The molecule has 0 unspecified atom stereocenters. The number of ether oxygens (including phenoxy) is 1. The second-order valence-electron chi connectivity index (χ2n) is 2.91. The maximum Gasteiger partial charge on any atom is 0.322 e. The number of rotatable bonds is 6. The van der Waals surface area contributed by atoms with E-state index in [2.05, 4.69) is 17.0 Å². The van der Waals surface area contributed by atoms with Crippen molar-refractivity contribution >= 4 is 5.97 Å². The van der Waals surface area contributed by atoms with Crippen molar-refractivity contribution in [3.8, 4) is 0 Å². The molecule has 0 aliphatic heterocycles. The Hall–Kier alpha value is -0.570. The molecule has 0 aliphatic rings. The highest BCUT2D eigenvalue weighted by Gasteiger charge is 2.10. The number of unbranched alkanes of at least 4 members (excludes halogenated alkanes) is 2. The third kappa shape index (κ3) is 5.13. The first-order valence-electron chi connectivity index (χ1n) is 4.53. The van der Waals surface area contributed by atoms with Gasteiger partial charge in [-0.15, -0.1) is 0 Å². The van der Waals surface area contributed by atoms with Crippen LogP contribution in [0, 0.1) is 0 Å². The molecule has 0 amide bonds. The van der Waals surface area contributed by atoms with Crippen molar-refractivity contribution in [2.24, 2.45) is 0 Å². The molecule has 0 fully saturated rings. The Balaban J connectivity index is 3.31. The molecule has 12 heavy (non-hydrogen) atoms. The quantitative estimate of drug-likeness (QED) is 0.486. The first-order chi connectivity index (χ1) is 5.72. The van der Waals surface area contributed by atoms with Crippen molar-refractivity contribution in [1.29, 1.82) is 0 Å². The van der Waals surface area contributed by atoms with Gasteiger partial charge in [-0.2, -0.15) is 0 Å². The molecule has 0 aromatic carbocycles. The Morgan fingerprint density at radius 1 is 1.50 bits per heavy atom. The Labute approximate surface area is 74.5 Å². The van der Waals surface area contributed by atoms with Gasteiger partial charge in [0.25, 0.3) is 0 Å². The minimum absolute atomic E-state index is 0.174. The van der Waals surface area contributed by atoms with Gasteiger partial charge < -0.3 is 10.1 Å². The molecule has 0 saturated heterocycles. The van der Waals surface area contributed by atoms with Crippen molar-refractivity contribution in [2.45, 2.75) is 39.2 Å². The van der Waals surface area contributed by atoms with Gasteiger partial charge in [-0.25, -0.2) is 0 Å². The molecule has 72 valence electrons. The molecule has 1 atom stereocenters. The summed E-state index contributed by atoms with van der Waals surface area (Å²) in [5.74, 6) is -0.188. The van der Waals surface area contributed by atoms with Crippen LogP contribution in [0.25, 0.3) is 0 Å². The van der Waals surface area contributed by atoms with E-state index in [1.165, 1.54) is 20.0 Å². The van der Waals surface area contributed by atoms with Crippen LogP contribution >= 0.6 is 0 Å². The standard InChI is InChI=1S/C9H19NO2/c1-4-5-6-7-10-8(2)9(11)12-3/h8,10H,4-7H2,1-3H3/t8-/m0/s1. The fourth-order valence-corrected chi connectivity index (χ4v) is 0.954. The van der Waals surface area contributed by atoms with Crippen LogP contribution in [0.2, 0.25) is 0 Å². The van der Waals surface area contributed by atoms with Gasteiger partial charge in [-0.05, 0) is 19.9 Å². The number of hydrogen-bond donors (Lipinski definition) is 1. The predicted octanol–water partition coefficient (Wildman–Crippen LogP) is 1.33. The molecule has 3 nitrogen and oxygen atoms in total. The first-order valence-corrected chi connectivity index (χ1v) is 4.53. The zero-order chi connectivity index (χ0) is 9.40. The summed E-state index contributed by atoms with van der Waals surface area (Å²) < 4.78 is 4.57. The van der Waals surface area contributed by atoms with Gasteiger partial charge in [0.2, 0.25) is 0 Å². The summed E-state index contributed by atoms with van der Waals surface area (Å²) in [6, 6.07) is -0.174. The minimum atomic E-state index is -0.188. The number of nitrogens with one attached hydrogen (secondary N) is 1. The smallest absolute Gasteiger partial charge is 0.322 e. The lowest BCUT2D eigenvalue weighted by Gasteiger charge is -2.10. The van der Waals surface area contributed by atoms with Crippen LogP contribution in [-0.4, -0.2) is 25.7 Å². The van der Waals surface area contributed by atoms with Crippen molar-refractivity contribution in [3.05, 3.63) is 0 Å². The molecule has 0 radical (unpaired) electrons. The number of carbonyl (C=O) groups excluding carboxylic acids is 1. The highest BCUT2D eigenvalue weighted by atomic mass is 16.5. The fourth-order valence-electron chi connectivity index (χ4n) is 0.954. The van der Waals surface area contributed by atoms with E-state index in [0.29, 0.717) is 0 Å². The van der Waals surface area contributed by atoms with Crippen LogP contribution in [0.15, 0.2) is 0 Å². The summed E-state index contributed by atoms with van der Waals surface area (Å²) in [7, 11) is 1.41. The summed E-state index contributed by atoms with van der Waals surface area (Å²) in [6.07, 6.45) is 3.53. The predicted molar refractivity (Wildman–Crippen MR) is 49.0 cm³/mol. The Morgan fingerprint density at radius 3 is 2.67 bits per heavy atom. The Kier molecular flexibility index (Phi) is 6.76. The molecule has 0 saturated carbocycles. The molecule has 3 heteroatoms. The van der Waals surface area contributed by atoms with Crippen LogP contribution in [0.1, 0.15) is 33.1 Å². The van der Waals surface area contributed by atoms with E-state index >= 15 is 0 Å². The third-order valence-corrected chi connectivity index (χ3v) is 1.79. The van der Waals surface area contributed by atoms with Gasteiger partial charge in [0.1, 0.15) is 6.04 Å². The SMILES string of the molecule is CCCCCN[C@@H](C)C(=O)OC. The zero-order valence-corrected chi connectivity index (χ0v) is 8.22. The Morgan fingerprint density at radius 2 is 2.17 bits per heavy atom. The van der Waals surface area contributed by atoms with E-state index in [1.807, 2.05) is 6.92 Å². The van der Waals surface area contributed by atoms with Gasteiger partial charge in [0.05, 0.1) is 7.11 Å². The molecule has 0 aliphatic carbocycles. The highest BCUT2D eigenvalue weighted by Crippen LogP contribution is 1.93. The van der Waals surface area contributed by atoms with Crippen molar-refractivity contribution in [3.63, 3.8) is 0 Å². The monoisotopic (exact) mass is 173 g/mol. The topological polar surface area (TPSA) is 38.3 Å². The second-order valence-corrected chi connectivity index (χ2v) is 2.91. The van der Waals surface area contributed by atoms with E-state index in [0.717, 1.165) is 13.0 Å². The second kappa shape index (κ2) is 7.10. The summed E-state index contributed by atoms with van der Waals surface area (Å²) in [5, 5.41) is 3.09. The van der Waals surface area contributed by atoms with Crippen molar-refractivity contribution in [2.75, 3.05) is 13.7 Å². The number of methoxy groups -OCH3 is 1. The van der Waals surface area contributed by atoms with Gasteiger partial charge in [0, 0.05) is 0 Å². The van der Waals surface area contributed by atoms with Crippen LogP contribution in [0.4, 0.5) is 0 Å². The lowest BCUT2D eigenvalue weighted by atomic mass is 10.2. The number of carbonyl (C=O) groups is 1. The lowest BCUT2D eigenvalue weighted by Crippen LogP contribution is -2.35. The van der Waals surface area contributed by atoms with Crippen LogP contribution in [-0.2, 0) is 9.53 Å². The van der Waals surface area contributed by atoms with E-state index in [1.54, 1.807) is 0 Å². The largest absolute Gasteiger partial charge is 0.468 e. The van der Waals surface area contributed by atoms with Crippen LogP contribution in [0.5, 0.6) is 0 Å². The van der Waals surface area contributed by atoms with Crippen LogP contribution < -0.4 is 5.32 Å². The number of esters is 1. The summed E-state index contributed by atoms with van der Waals surface area (Å²) in [5.41, 5.74) is 0. The maximum absolute atomic E-state index is 10.9. The Bertz CT molecular complexity index is 126. The molecule has 0 spiro atoms. The molecular formula is C9H19NO2. The number of hydrogen-bond acceptors (Lipinski definition) is 3. The molecule has 0 aromatic heterocycles. The summed E-state index contributed by atoms with van der Waals surface area (Å²) in [6.45, 7) is 4.87. The van der Waals surface area contributed by atoms with Crippen molar-refractivity contribution in [1.82, 2.24) is 5.32 Å². The molecule has 1 N–H and O–H groups in total.